The zero-order valence-corrected chi connectivity index (χ0v) is 18.4. The Morgan fingerprint density at radius 1 is 0.636 bits per heavy atom. The molecule has 0 saturated carbocycles. The third kappa shape index (κ3) is 7.98. The van der Waals surface area contributed by atoms with Crippen LogP contribution in [0.5, 0.6) is 23.0 Å². The summed E-state index contributed by atoms with van der Waals surface area (Å²) in [5.41, 5.74) is 1.12. The van der Waals surface area contributed by atoms with Crippen LogP contribution in [0.1, 0.15) is 25.0 Å². The zero-order valence-electron chi connectivity index (χ0n) is 18.4. The Morgan fingerprint density at radius 3 is 1.36 bits per heavy atom. The molecule has 2 aromatic carbocycles. The fourth-order valence-electron chi connectivity index (χ4n) is 2.55. The van der Waals surface area contributed by atoms with Gasteiger partial charge in [0.05, 0.1) is 14.2 Å². The van der Waals surface area contributed by atoms with Gasteiger partial charge in [0.1, 0.15) is 0 Å². The van der Waals surface area contributed by atoms with Gasteiger partial charge >= 0.3 is 23.9 Å². The van der Waals surface area contributed by atoms with Gasteiger partial charge in [0.25, 0.3) is 0 Å². The molecule has 0 atom stereocenters. The summed E-state index contributed by atoms with van der Waals surface area (Å²) in [7, 11) is 2.82. The van der Waals surface area contributed by atoms with Crippen molar-refractivity contribution in [3.63, 3.8) is 0 Å². The van der Waals surface area contributed by atoms with Crippen molar-refractivity contribution in [2.45, 2.75) is 13.8 Å². The largest absolute Gasteiger partial charge is 0.493 e. The quantitative estimate of drug-likeness (QED) is 0.256. The van der Waals surface area contributed by atoms with Gasteiger partial charge in [-0.25, -0.2) is 9.59 Å². The van der Waals surface area contributed by atoms with Crippen molar-refractivity contribution in [3.8, 4) is 23.0 Å². The summed E-state index contributed by atoms with van der Waals surface area (Å²) in [6.07, 6.45) is 4.97. The van der Waals surface area contributed by atoms with Crippen molar-refractivity contribution < 1.29 is 42.9 Å². The molecule has 0 aliphatic carbocycles. The second kappa shape index (κ2) is 11.8. The first kappa shape index (κ1) is 24.9. The van der Waals surface area contributed by atoms with Crippen LogP contribution in [0.4, 0.5) is 0 Å². The van der Waals surface area contributed by atoms with E-state index in [1.54, 1.807) is 24.3 Å². The van der Waals surface area contributed by atoms with Gasteiger partial charge < -0.3 is 23.7 Å². The lowest BCUT2D eigenvalue weighted by atomic mass is 10.2. The van der Waals surface area contributed by atoms with E-state index in [1.807, 2.05) is 0 Å². The summed E-state index contributed by atoms with van der Waals surface area (Å²) < 4.78 is 25.0. The summed E-state index contributed by atoms with van der Waals surface area (Å²) in [4.78, 5) is 46.0. The minimum absolute atomic E-state index is 0.238. The fraction of sp³-hybridized carbons (Fsp3) is 0.167. The van der Waals surface area contributed by atoms with Crippen molar-refractivity contribution >= 4 is 36.0 Å². The van der Waals surface area contributed by atoms with E-state index < -0.39 is 23.9 Å². The molecule has 0 bridgehead atoms. The van der Waals surface area contributed by atoms with Gasteiger partial charge in [0.2, 0.25) is 0 Å². The molecule has 0 heterocycles. The molecular formula is C24H22O9. The Labute approximate surface area is 190 Å². The number of benzene rings is 2. The van der Waals surface area contributed by atoms with E-state index in [-0.39, 0.29) is 11.5 Å². The number of methoxy groups -OCH3 is 2. The number of hydrogen-bond acceptors (Lipinski definition) is 9. The van der Waals surface area contributed by atoms with Crippen LogP contribution in [0, 0.1) is 0 Å². The second-order valence-corrected chi connectivity index (χ2v) is 6.41. The Hall–Kier alpha value is -4.40. The molecule has 9 heteroatoms. The van der Waals surface area contributed by atoms with Crippen LogP contribution in [-0.4, -0.2) is 38.1 Å². The highest BCUT2D eigenvalue weighted by molar-refractivity contribution is 6.00. The monoisotopic (exact) mass is 454 g/mol. The van der Waals surface area contributed by atoms with Gasteiger partial charge in [-0.3, -0.25) is 9.59 Å². The van der Waals surface area contributed by atoms with E-state index in [9.17, 15) is 19.2 Å². The summed E-state index contributed by atoms with van der Waals surface area (Å²) in [5, 5.41) is 0. The number of carbonyl (C=O) groups excluding carboxylic acids is 4. The molecule has 0 aromatic heterocycles. The first-order chi connectivity index (χ1) is 15.7. The molecule has 0 N–H and O–H groups in total. The highest BCUT2D eigenvalue weighted by Crippen LogP contribution is 2.29. The molecule has 9 nitrogen and oxygen atoms in total. The standard InChI is InChI=1S/C24H22O9/c1-15(25)31-19-9-5-17(13-21(19)29-3)7-11-23(27)33-24(28)12-8-18-6-10-20(32-16(2)26)22(14-18)30-4/h5-14H,1-4H3. The molecule has 33 heavy (non-hydrogen) atoms. The number of hydrogen-bond donors (Lipinski definition) is 0. The van der Waals surface area contributed by atoms with Crippen LogP contribution >= 0.6 is 0 Å². The molecule has 0 aliphatic heterocycles. The van der Waals surface area contributed by atoms with Crippen molar-refractivity contribution in [3.05, 3.63) is 59.7 Å². The number of ether oxygens (including phenoxy) is 5. The topological polar surface area (TPSA) is 114 Å². The SMILES string of the molecule is COc1cc(C=CC(=O)OC(=O)C=Cc2ccc(OC(C)=O)c(OC)c2)ccc1OC(C)=O. The number of rotatable bonds is 8. The van der Waals surface area contributed by atoms with Gasteiger partial charge in [0.15, 0.2) is 23.0 Å². The van der Waals surface area contributed by atoms with Crippen molar-refractivity contribution in [2.75, 3.05) is 14.2 Å². The summed E-state index contributed by atoms with van der Waals surface area (Å²) in [6, 6.07) is 9.33. The number of esters is 4. The molecule has 2 rings (SSSR count). The van der Waals surface area contributed by atoms with Crippen LogP contribution in [-0.2, 0) is 23.9 Å². The van der Waals surface area contributed by atoms with E-state index >= 15 is 0 Å². The summed E-state index contributed by atoms with van der Waals surface area (Å²) in [6.45, 7) is 2.53. The third-order valence-corrected chi connectivity index (χ3v) is 3.91. The molecule has 0 saturated heterocycles. The predicted molar refractivity (Wildman–Crippen MR) is 118 cm³/mol. The Bertz CT molecular complexity index is 1030. The first-order valence-corrected chi connectivity index (χ1v) is 9.56. The second-order valence-electron chi connectivity index (χ2n) is 6.41. The summed E-state index contributed by atoms with van der Waals surface area (Å²) >= 11 is 0. The van der Waals surface area contributed by atoms with Crippen LogP contribution in [0.15, 0.2) is 48.6 Å². The highest BCUT2D eigenvalue weighted by Gasteiger charge is 2.09. The minimum Gasteiger partial charge on any atom is -0.493 e. The molecule has 0 radical (unpaired) electrons. The average molecular weight is 454 g/mol. The minimum atomic E-state index is -0.879. The van der Waals surface area contributed by atoms with E-state index in [2.05, 4.69) is 0 Å². The Morgan fingerprint density at radius 2 is 1.03 bits per heavy atom. The molecule has 2 aromatic rings. The van der Waals surface area contributed by atoms with Gasteiger partial charge in [-0.2, -0.15) is 0 Å². The van der Waals surface area contributed by atoms with E-state index in [4.69, 9.17) is 23.7 Å². The van der Waals surface area contributed by atoms with E-state index in [0.717, 1.165) is 12.2 Å². The van der Waals surface area contributed by atoms with Crippen molar-refractivity contribution in [2.24, 2.45) is 0 Å². The first-order valence-electron chi connectivity index (χ1n) is 9.56. The molecule has 0 amide bonds. The lowest BCUT2D eigenvalue weighted by molar-refractivity contribution is -0.152. The average Bonchev–Trinajstić information content (AvgIpc) is 2.76. The fourth-order valence-corrected chi connectivity index (χ4v) is 2.55. The Balaban J connectivity index is 2.00. The number of carbonyl (C=O) groups is 4. The third-order valence-electron chi connectivity index (χ3n) is 3.91. The molecule has 0 fully saturated rings. The maximum Gasteiger partial charge on any atom is 0.338 e. The van der Waals surface area contributed by atoms with Gasteiger partial charge in [0, 0.05) is 26.0 Å². The van der Waals surface area contributed by atoms with Gasteiger partial charge in [-0.15, -0.1) is 0 Å². The molecule has 172 valence electrons. The summed E-state index contributed by atoms with van der Waals surface area (Å²) in [5.74, 6) is -1.67. The molecule has 0 spiro atoms. The van der Waals surface area contributed by atoms with Gasteiger partial charge in [-0.1, -0.05) is 12.1 Å². The van der Waals surface area contributed by atoms with Gasteiger partial charge in [-0.05, 0) is 47.5 Å². The maximum absolute atomic E-state index is 11.9. The lowest BCUT2D eigenvalue weighted by Gasteiger charge is -2.08. The smallest absolute Gasteiger partial charge is 0.338 e. The predicted octanol–water partition coefficient (Wildman–Crippen LogP) is 3.35. The van der Waals surface area contributed by atoms with Crippen LogP contribution in [0.2, 0.25) is 0 Å². The van der Waals surface area contributed by atoms with Crippen LogP contribution in [0.3, 0.4) is 0 Å². The molecule has 0 unspecified atom stereocenters. The van der Waals surface area contributed by atoms with Crippen LogP contribution in [0.25, 0.3) is 12.2 Å². The molecular weight excluding hydrogens is 432 g/mol. The normalized spacial score (nSPS) is 10.7. The lowest BCUT2D eigenvalue weighted by Crippen LogP contribution is -2.07. The molecule has 0 aliphatic rings. The van der Waals surface area contributed by atoms with E-state index in [1.165, 1.54) is 52.4 Å². The van der Waals surface area contributed by atoms with E-state index in [0.29, 0.717) is 22.6 Å². The van der Waals surface area contributed by atoms with Crippen LogP contribution < -0.4 is 18.9 Å². The van der Waals surface area contributed by atoms with Crippen molar-refractivity contribution in [1.82, 2.24) is 0 Å². The zero-order chi connectivity index (χ0) is 24.4. The Kier molecular flexibility index (Phi) is 8.93. The maximum atomic E-state index is 11.9. The van der Waals surface area contributed by atoms with Crippen molar-refractivity contribution in [1.29, 1.82) is 0 Å². The highest BCUT2D eigenvalue weighted by atomic mass is 16.6.